The summed E-state index contributed by atoms with van der Waals surface area (Å²) in [6.45, 7) is 4.08. The Morgan fingerprint density at radius 3 is 1.30 bits per heavy atom. The molecule has 0 spiro atoms. The van der Waals surface area contributed by atoms with Crippen molar-refractivity contribution < 1.29 is 24.2 Å². The van der Waals surface area contributed by atoms with Gasteiger partial charge in [-0.2, -0.15) is 0 Å². The zero-order valence-corrected chi connectivity index (χ0v) is 32.9. The summed E-state index contributed by atoms with van der Waals surface area (Å²) in [4.78, 5) is 24.3. The topological polar surface area (TPSA) is 72.8 Å². The maximum Gasteiger partial charge on any atom is 0.306 e. The number of carbonyl (C=O) groups excluding carboxylic acids is 2. The monoisotopic (exact) mass is 701 g/mol. The first-order valence-electron chi connectivity index (χ1n) is 21.2. The van der Waals surface area contributed by atoms with Gasteiger partial charge < -0.3 is 14.6 Å². The van der Waals surface area contributed by atoms with Crippen LogP contribution in [0.3, 0.4) is 0 Å². The third-order valence-electron chi connectivity index (χ3n) is 9.10. The molecule has 0 unspecified atom stereocenters. The van der Waals surface area contributed by atoms with Gasteiger partial charge in [-0.25, -0.2) is 0 Å². The molecule has 5 nitrogen and oxygen atoms in total. The Hall–Kier alpha value is -2.14. The smallest absolute Gasteiger partial charge is 0.306 e. The number of aliphatic hydroxyl groups is 1. The van der Waals surface area contributed by atoms with E-state index in [2.05, 4.69) is 62.5 Å². The Morgan fingerprint density at radius 1 is 0.460 bits per heavy atom. The maximum atomic E-state index is 12.2. The van der Waals surface area contributed by atoms with Crippen LogP contribution in [0.15, 0.2) is 48.6 Å². The Labute approximate surface area is 309 Å². The van der Waals surface area contributed by atoms with Gasteiger partial charge in [-0.15, -0.1) is 0 Å². The molecule has 1 N–H and O–H groups in total. The van der Waals surface area contributed by atoms with Gasteiger partial charge in [0.25, 0.3) is 0 Å². The minimum Gasteiger partial charge on any atom is -0.462 e. The van der Waals surface area contributed by atoms with E-state index >= 15 is 0 Å². The predicted molar refractivity (Wildman–Crippen MR) is 214 cm³/mol. The van der Waals surface area contributed by atoms with Gasteiger partial charge >= 0.3 is 11.9 Å². The fourth-order valence-corrected chi connectivity index (χ4v) is 5.85. The Bertz CT molecular complexity index is 842. The van der Waals surface area contributed by atoms with Crippen molar-refractivity contribution in [3.63, 3.8) is 0 Å². The molecule has 0 aliphatic rings. The van der Waals surface area contributed by atoms with Gasteiger partial charge in [-0.3, -0.25) is 9.59 Å². The lowest BCUT2D eigenvalue weighted by atomic mass is 10.0. The average Bonchev–Trinajstić information content (AvgIpc) is 3.12. The van der Waals surface area contributed by atoms with E-state index in [0.29, 0.717) is 12.8 Å². The highest BCUT2D eigenvalue weighted by Gasteiger charge is 2.16. The molecule has 0 rings (SSSR count). The summed E-state index contributed by atoms with van der Waals surface area (Å²) in [5, 5.41) is 9.56. The predicted octanol–water partition coefficient (Wildman–Crippen LogP) is 13.4. The van der Waals surface area contributed by atoms with Crippen LogP contribution < -0.4 is 0 Å². The molecule has 0 aromatic carbocycles. The first-order valence-corrected chi connectivity index (χ1v) is 21.2. The number of rotatable bonds is 38. The summed E-state index contributed by atoms with van der Waals surface area (Å²) in [5.74, 6) is -0.634. The van der Waals surface area contributed by atoms with Crippen LogP contribution in [0, 0.1) is 0 Å². The van der Waals surface area contributed by atoms with Crippen LogP contribution in [0.2, 0.25) is 0 Å². The second kappa shape index (κ2) is 41.3. The summed E-state index contributed by atoms with van der Waals surface area (Å²) in [5.41, 5.74) is 0. The van der Waals surface area contributed by atoms with Crippen LogP contribution >= 0.6 is 0 Å². The molecule has 0 bridgehead atoms. The highest BCUT2D eigenvalue weighted by atomic mass is 16.6. The normalized spacial score (nSPS) is 12.6. The largest absolute Gasteiger partial charge is 0.462 e. The standard InChI is InChI=1S/C45H80O5/c1-3-5-7-9-11-13-15-17-19-20-21-22-23-24-26-27-29-31-33-35-37-39-44(47)49-42-43(41-46)50-45(48)40-38-36-34-32-30-28-25-18-16-14-12-10-8-6-4-2/h12,14,17-19,25,30,32,43,46H,3-11,13,15-16,20-24,26-29,31,33-42H2,1-2H3/t43-/m0/s1. The van der Waals surface area contributed by atoms with Gasteiger partial charge in [-0.05, 0) is 77.0 Å². The molecule has 1 atom stereocenters. The van der Waals surface area contributed by atoms with Crippen LogP contribution in [0.4, 0.5) is 0 Å². The number of ether oxygens (including phenoxy) is 2. The molecule has 0 aliphatic carbocycles. The lowest BCUT2D eigenvalue weighted by Gasteiger charge is -2.15. The van der Waals surface area contributed by atoms with Crippen molar-refractivity contribution in [2.45, 2.75) is 213 Å². The molecule has 0 radical (unpaired) electrons. The van der Waals surface area contributed by atoms with Crippen molar-refractivity contribution in [2.24, 2.45) is 0 Å². The maximum absolute atomic E-state index is 12.2. The summed E-state index contributed by atoms with van der Waals surface area (Å²) < 4.78 is 10.6. The minimum atomic E-state index is -0.791. The molecule has 0 fully saturated rings. The number of carbonyl (C=O) groups is 2. The molecule has 50 heavy (non-hydrogen) atoms. The molecule has 0 aromatic rings. The van der Waals surface area contributed by atoms with Crippen LogP contribution in [-0.4, -0.2) is 36.4 Å². The first kappa shape index (κ1) is 47.9. The van der Waals surface area contributed by atoms with Gasteiger partial charge in [0, 0.05) is 12.8 Å². The molecule has 290 valence electrons. The van der Waals surface area contributed by atoms with E-state index in [-0.39, 0.29) is 25.2 Å². The lowest BCUT2D eigenvalue weighted by molar-refractivity contribution is -0.161. The summed E-state index contributed by atoms with van der Waals surface area (Å²) in [6.07, 6.45) is 51.8. The number of unbranched alkanes of at least 4 members (excludes halogenated alkanes) is 22. The van der Waals surface area contributed by atoms with Gasteiger partial charge in [0.2, 0.25) is 0 Å². The van der Waals surface area contributed by atoms with Gasteiger partial charge in [-0.1, -0.05) is 165 Å². The van der Waals surface area contributed by atoms with Crippen LogP contribution in [0.1, 0.15) is 206 Å². The molecular weight excluding hydrogens is 620 g/mol. The molecule has 0 aromatic heterocycles. The van der Waals surface area contributed by atoms with Gasteiger partial charge in [0.05, 0.1) is 6.61 Å². The quantitative estimate of drug-likeness (QED) is 0.0394. The number of aliphatic hydroxyl groups excluding tert-OH is 1. The molecule has 0 saturated heterocycles. The van der Waals surface area contributed by atoms with Crippen molar-refractivity contribution in [1.29, 1.82) is 0 Å². The Kier molecular flexibility index (Phi) is 39.5. The number of hydrogen-bond acceptors (Lipinski definition) is 5. The van der Waals surface area contributed by atoms with E-state index in [1.807, 2.05) is 0 Å². The number of allylic oxidation sites excluding steroid dienone is 8. The third-order valence-corrected chi connectivity index (χ3v) is 9.10. The van der Waals surface area contributed by atoms with Crippen LogP contribution in [0.5, 0.6) is 0 Å². The van der Waals surface area contributed by atoms with Crippen molar-refractivity contribution >= 4 is 11.9 Å². The third kappa shape index (κ3) is 38.7. The average molecular weight is 701 g/mol. The zero-order chi connectivity index (χ0) is 36.4. The fraction of sp³-hybridized carbons (Fsp3) is 0.778. The van der Waals surface area contributed by atoms with E-state index in [9.17, 15) is 14.7 Å². The number of hydrogen-bond donors (Lipinski definition) is 1. The van der Waals surface area contributed by atoms with Crippen molar-refractivity contribution in [1.82, 2.24) is 0 Å². The Balaban J connectivity index is 3.57. The molecular formula is C45H80O5. The second-order valence-electron chi connectivity index (χ2n) is 14.1. The van der Waals surface area contributed by atoms with E-state index in [0.717, 1.165) is 51.4 Å². The van der Waals surface area contributed by atoms with Crippen molar-refractivity contribution in [3.05, 3.63) is 48.6 Å². The summed E-state index contributed by atoms with van der Waals surface area (Å²) in [6, 6.07) is 0. The summed E-state index contributed by atoms with van der Waals surface area (Å²) >= 11 is 0. The van der Waals surface area contributed by atoms with Gasteiger partial charge in [0.1, 0.15) is 6.61 Å². The van der Waals surface area contributed by atoms with Crippen molar-refractivity contribution in [2.75, 3.05) is 13.2 Å². The lowest BCUT2D eigenvalue weighted by Crippen LogP contribution is -2.28. The SMILES string of the molecule is CCCCCC=CCC=CCC=CCCCCC(=O)O[C@@H](CO)COC(=O)CCCCCCCCCCCCCC=CCCCCCCCC. The Morgan fingerprint density at radius 2 is 0.800 bits per heavy atom. The molecule has 0 heterocycles. The van der Waals surface area contributed by atoms with E-state index in [1.54, 1.807) is 0 Å². The van der Waals surface area contributed by atoms with E-state index in [1.165, 1.54) is 128 Å². The minimum absolute atomic E-state index is 0.0814. The molecule has 5 heteroatoms. The highest BCUT2D eigenvalue weighted by Crippen LogP contribution is 2.14. The molecule has 0 aliphatic heterocycles. The number of esters is 2. The first-order chi connectivity index (χ1) is 24.6. The van der Waals surface area contributed by atoms with Crippen molar-refractivity contribution in [3.8, 4) is 0 Å². The fourth-order valence-electron chi connectivity index (χ4n) is 5.85. The van der Waals surface area contributed by atoms with Crippen LogP contribution in [0.25, 0.3) is 0 Å². The highest BCUT2D eigenvalue weighted by molar-refractivity contribution is 5.70. The van der Waals surface area contributed by atoms with E-state index < -0.39 is 6.10 Å². The zero-order valence-electron chi connectivity index (χ0n) is 32.9. The molecule has 0 saturated carbocycles. The van der Waals surface area contributed by atoms with E-state index in [4.69, 9.17) is 9.47 Å². The summed E-state index contributed by atoms with van der Waals surface area (Å²) in [7, 11) is 0. The second-order valence-corrected chi connectivity index (χ2v) is 14.1. The van der Waals surface area contributed by atoms with Crippen LogP contribution in [-0.2, 0) is 19.1 Å². The molecule has 0 amide bonds. The van der Waals surface area contributed by atoms with Gasteiger partial charge in [0.15, 0.2) is 6.10 Å².